The van der Waals surface area contributed by atoms with E-state index in [4.69, 9.17) is 4.74 Å². The van der Waals surface area contributed by atoms with Crippen molar-refractivity contribution in [2.45, 2.75) is 13.5 Å². The Balaban J connectivity index is 1.60. The van der Waals surface area contributed by atoms with Crippen molar-refractivity contribution >= 4 is 23.3 Å². The molecular formula is C25H22FN3O2S. The molecule has 7 heteroatoms. The number of carbonyl (C=O) groups is 1. The van der Waals surface area contributed by atoms with Crippen LogP contribution in [0.5, 0.6) is 5.75 Å². The molecule has 1 N–H and O–H groups in total. The van der Waals surface area contributed by atoms with E-state index in [9.17, 15) is 9.18 Å². The summed E-state index contributed by atoms with van der Waals surface area (Å²) in [7, 11) is 0. The second-order valence-corrected chi connectivity index (χ2v) is 7.91. The molecule has 4 rings (SSSR count). The van der Waals surface area contributed by atoms with Gasteiger partial charge in [0.15, 0.2) is 11.6 Å². The van der Waals surface area contributed by atoms with Gasteiger partial charge in [0.05, 0.1) is 18.0 Å². The number of thiophene rings is 1. The van der Waals surface area contributed by atoms with Crippen LogP contribution in [0.15, 0.2) is 78.3 Å². The van der Waals surface area contributed by atoms with Gasteiger partial charge in [-0.05, 0) is 54.8 Å². The number of nitrogens with zero attached hydrogens (tertiary/aromatic N) is 2. The molecule has 162 valence electrons. The molecule has 1 amide bonds. The molecular weight excluding hydrogens is 425 g/mol. The Bertz CT molecular complexity index is 1220. The van der Waals surface area contributed by atoms with Gasteiger partial charge < -0.3 is 10.1 Å². The minimum atomic E-state index is -0.451. The van der Waals surface area contributed by atoms with E-state index in [2.05, 4.69) is 10.4 Å². The van der Waals surface area contributed by atoms with Crippen LogP contribution in [-0.4, -0.2) is 22.3 Å². The van der Waals surface area contributed by atoms with Crippen LogP contribution in [0.2, 0.25) is 0 Å². The average molecular weight is 448 g/mol. The summed E-state index contributed by atoms with van der Waals surface area (Å²) >= 11 is 1.56. The van der Waals surface area contributed by atoms with E-state index in [1.807, 2.05) is 61.0 Å². The number of hydrogen-bond acceptors (Lipinski definition) is 4. The molecule has 0 aliphatic heterocycles. The molecule has 4 aromatic rings. The van der Waals surface area contributed by atoms with Gasteiger partial charge in [-0.2, -0.15) is 5.10 Å². The van der Waals surface area contributed by atoms with E-state index < -0.39 is 5.82 Å². The van der Waals surface area contributed by atoms with E-state index in [0.29, 0.717) is 17.9 Å². The smallest absolute Gasteiger partial charge is 0.244 e. The monoisotopic (exact) mass is 447 g/mol. The van der Waals surface area contributed by atoms with Crippen molar-refractivity contribution in [2.24, 2.45) is 0 Å². The molecule has 0 fully saturated rings. The van der Waals surface area contributed by atoms with Crippen LogP contribution < -0.4 is 10.1 Å². The largest absolute Gasteiger partial charge is 0.491 e. The van der Waals surface area contributed by atoms with Crippen molar-refractivity contribution in [3.63, 3.8) is 0 Å². The summed E-state index contributed by atoms with van der Waals surface area (Å²) in [6.45, 7) is 2.45. The second kappa shape index (κ2) is 10.1. The molecule has 5 nitrogen and oxygen atoms in total. The fourth-order valence-corrected chi connectivity index (χ4v) is 3.82. The summed E-state index contributed by atoms with van der Waals surface area (Å²) in [5, 5.41) is 9.52. The summed E-state index contributed by atoms with van der Waals surface area (Å²) in [6, 6.07) is 18.3. The maximum atomic E-state index is 14.5. The quantitative estimate of drug-likeness (QED) is 0.365. The van der Waals surface area contributed by atoms with E-state index >= 15 is 0 Å². The Hall–Kier alpha value is -3.71. The molecule has 0 spiro atoms. The third-order valence-corrected chi connectivity index (χ3v) is 5.55. The van der Waals surface area contributed by atoms with Crippen LogP contribution in [0.1, 0.15) is 17.4 Å². The average Bonchev–Trinajstić information content (AvgIpc) is 3.48. The molecule has 0 atom stereocenters. The van der Waals surface area contributed by atoms with Crippen molar-refractivity contribution in [1.82, 2.24) is 15.1 Å². The predicted molar refractivity (Wildman–Crippen MR) is 125 cm³/mol. The number of rotatable bonds is 8. The van der Waals surface area contributed by atoms with Gasteiger partial charge in [-0.1, -0.05) is 24.3 Å². The van der Waals surface area contributed by atoms with Gasteiger partial charge >= 0.3 is 0 Å². The Morgan fingerprint density at radius 3 is 2.75 bits per heavy atom. The van der Waals surface area contributed by atoms with Gasteiger partial charge in [0, 0.05) is 34.8 Å². The summed E-state index contributed by atoms with van der Waals surface area (Å²) in [5.41, 5.74) is 2.85. The van der Waals surface area contributed by atoms with Crippen molar-refractivity contribution in [2.75, 3.05) is 6.61 Å². The second-order valence-electron chi connectivity index (χ2n) is 6.93. The van der Waals surface area contributed by atoms with Crippen LogP contribution in [0.25, 0.3) is 23.0 Å². The fourth-order valence-electron chi connectivity index (χ4n) is 3.20. The number of amides is 1. The molecule has 32 heavy (non-hydrogen) atoms. The lowest BCUT2D eigenvalue weighted by Crippen LogP contribution is -2.20. The summed E-state index contributed by atoms with van der Waals surface area (Å²) in [6.07, 6.45) is 5.13. The standard InChI is InChI=1S/C25H22FN3O2S/c1-2-31-23-12-10-18(15-22(23)26)25-19(17-29(28-25)20-7-4-3-5-8-20)16-27-24(30)13-11-21-9-6-14-32-21/h3-15,17H,2,16H2,1H3,(H,27,30). The fraction of sp³-hybridized carbons (Fsp3) is 0.120. The molecule has 0 saturated carbocycles. The number of ether oxygens (including phenoxy) is 1. The molecule has 0 unspecified atom stereocenters. The van der Waals surface area contributed by atoms with Crippen LogP contribution in [0, 0.1) is 5.82 Å². The number of nitrogens with one attached hydrogen (secondary N) is 1. The normalized spacial score (nSPS) is 11.1. The Labute approximate surface area is 189 Å². The minimum absolute atomic E-state index is 0.201. The van der Waals surface area contributed by atoms with E-state index in [-0.39, 0.29) is 18.2 Å². The number of hydrogen-bond donors (Lipinski definition) is 1. The number of halogens is 1. The Morgan fingerprint density at radius 2 is 2.03 bits per heavy atom. The summed E-state index contributed by atoms with van der Waals surface area (Å²) in [5.74, 6) is -0.463. The first-order valence-electron chi connectivity index (χ1n) is 10.2. The third-order valence-electron chi connectivity index (χ3n) is 4.71. The lowest BCUT2D eigenvalue weighted by molar-refractivity contribution is -0.116. The molecule has 0 aliphatic carbocycles. The molecule has 2 aromatic heterocycles. The van der Waals surface area contributed by atoms with Crippen LogP contribution >= 0.6 is 11.3 Å². The highest BCUT2D eigenvalue weighted by molar-refractivity contribution is 7.10. The van der Waals surface area contributed by atoms with Crippen molar-refractivity contribution < 1.29 is 13.9 Å². The van der Waals surface area contributed by atoms with Gasteiger partial charge in [-0.25, -0.2) is 9.07 Å². The lowest BCUT2D eigenvalue weighted by atomic mass is 10.1. The van der Waals surface area contributed by atoms with E-state index in [0.717, 1.165) is 16.1 Å². The number of benzene rings is 2. The van der Waals surface area contributed by atoms with Gasteiger partial charge in [-0.15, -0.1) is 11.3 Å². The number of para-hydroxylation sites is 1. The first kappa shape index (κ1) is 21.5. The van der Waals surface area contributed by atoms with Gasteiger partial charge in [0.25, 0.3) is 0 Å². The van der Waals surface area contributed by atoms with Gasteiger partial charge in [-0.3, -0.25) is 4.79 Å². The molecule has 0 radical (unpaired) electrons. The first-order chi connectivity index (χ1) is 15.6. The maximum absolute atomic E-state index is 14.5. The summed E-state index contributed by atoms with van der Waals surface area (Å²) in [4.78, 5) is 13.3. The lowest BCUT2D eigenvalue weighted by Gasteiger charge is -2.07. The Morgan fingerprint density at radius 1 is 1.19 bits per heavy atom. The highest BCUT2D eigenvalue weighted by atomic mass is 32.1. The molecule has 0 bridgehead atoms. The first-order valence-corrected chi connectivity index (χ1v) is 11.1. The van der Waals surface area contributed by atoms with Crippen molar-refractivity contribution in [3.05, 3.63) is 94.6 Å². The van der Waals surface area contributed by atoms with Crippen LogP contribution in [0.4, 0.5) is 4.39 Å². The summed E-state index contributed by atoms with van der Waals surface area (Å²) < 4.78 is 21.5. The van der Waals surface area contributed by atoms with Crippen molar-refractivity contribution in [1.29, 1.82) is 0 Å². The molecule has 0 aliphatic rings. The highest BCUT2D eigenvalue weighted by Crippen LogP contribution is 2.28. The zero-order valence-corrected chi connectivity index (χ0v) is 18.3. The molecule has 2 heterocycles. The zero-order chi connectivity index (χ0) is 22.3. The van der Waals surface area contributed by atoms with Gasteiger partial charge in [0.1, 0.15) is 0 Å². The Kier molecular flexibility index (Phi) is 6.77. The predicted octanol–water partition coefficient (Wildman–Crippen LogP) is 5.47. The minimum Gasteiger partial charge on any atom is -0.491 e. The van der Waals surface area contributed by atoms with E-state index in [1.54, 1.807) is 34.2 Å². The van der Waals surface area contributed by atoms with Crippen LogP contribution in [0.3, 0.4) is 0 Å². The molecule has 2 aromatic carbocycles. The number of carbonyl (C=O) groups excluding carboxylic acids is 1. The highest BCUT2D eigenvalue weighted by Gasteiger charge is 2.15. The SMILES string of the molecule is CCOc1ccc(-c2nn(-c3ccccc3)cc2CNC(=O)C=Cc2cccs2)cc1F. The molecule has 0 saturated heterocycles. The number of aromatic nitrogens is 2. The zero-order valence-electron chi connectivity index (χ0n) is 17.5. The maximum Gasteiger partial charge on any atom is 0.244 e. The van der Waals surface area contributed by atoms with Crippen LogP contribution in [-0.2, 0) is 11.3 Å². The van der Waals surface area contributed by atoms with E-state index in [1.165, 1.54) is 12.1 Å². The van der Waals surface area contributed by atoms with Crippen molar-refractivity contribution in [3.8, 4) is 22.7 Å². The third kappa shape index (κ3) is 5.12. The van der Waals surface area contributed by atoms with Gasteiger partial charge in [0.2, 0.25) is 5.91 Å². The topological polar surface area (TPSA) is 56.1 Å².